The van der Waals surface area contributed by atoms with Gasteiger partial charge in [0, 0.05) is 0 Å². The van der Waals surface area contributed by atoms with E-state index in [1.54, 1.807) is 13.0 Å². The molecule has 86 valence electrons. The van der Waals surface area contributed by atoms with Gasteiger partial charge in [-0.15, -0.1) is 0 Å². The van der Waals surface area contributed by atoms with Crippen LogP contribution < -0.4 is 4.74 Å². The number of alkyl halides is 3. The van der Waals surface area contributed by atoms with Crippen LogP contribution in [0.5, 0.6) is 5.75 Å². The summed E-state index contributed by atoms with van der Waals surface area (Å²) in [5.74, 6) is -0.141. The molecule has 0 heterocycles. The molecule has 1 rings (SSSR count). The standard InChI is InChI=1S/C9H9F3O.C2H6/c1-6-3-4-8(13-2)7(5-6)9(10,11)12;1-2/h3-5H,1-2H3;1-2H3. The van der Waals surface area contributed by atoms with Crippen LogP contribution in [0.15, 0.2) is 18.2 Å². The second kappa shape index (κ2) is 5.63. The van der Waals surface area contributed by atoms with Gasteiger partial charge in [-0.25, -0.2) is 0 Å². The topological polar surface area (TPSA) is 9.23 Å². The van der Waals surface area contributed by atoms with E-state index in [1.807, 2.05) is 13.8 Å². The van der Waals surface area contributed by atoms with Gasteiger partial charge in [0.1, 0.15) is 5.75 Å². The highest BCUT2D eigenvalue weighted by molar-refractivity contribution is 5.38. The Kier molecular flexibility index (Phi) is 5.19. The van der Waals surface area contributed by atoms with E-state index in [2.05, 4.69) is 4.74 Å². The summed E-state index contributed by atoms with van der Waals surface area (Å²) in [5.41, 5.74) is -0.164. The van der Waals surface area contributed by atoms with Crippen LogP contribution in [0.1, 0.15) is 25.0 Å². The van der Waals surface area contributed by atoms with Gasteiger partial charge in [0.2, 0.25) is 0 Å². The summed E-state index contributed by atoms with van der Waals surface area (Å²) in [5, 5.41) is 0. The van der Waals surface area contributed by atoms with Crippen molar-refractivity contribution in [2.45, 2.75) is 26.9 Å². The Morgan fingerprint density at radius 1 is 1.13 bits per heavy atom. The molecule has 0 amide bonds. The van der Waals surface area contributed by atoms with Gasteiger partial charge in [0.25, 0.3) is 0 Å². The molecular weight excluding hydrogens is 205 g/mol. The zero-order chi connectivity index (χ0) is 12.1. The van der Waals surface area contributed by atoms with E-state index in [4.69, 9.17) is 0 Å². The fourth-order valence-electron chi connectivity index (χ4n) is 1.04. The third-order valence-electron chi connectivity index (χ3n) is 1.66. The number of rotatable bonds is 1. The first-order chi connectivity index (χ1) is 6.95. The molecule has 15 heavy (non-hydrogen) atoms. The van der Waals surface area contributed by atoms with Crippen molar-refractivity contribution < 1.29 is 17.9 Å². The molecular formula is C11H15F3O. The van der Waals surface area contributed by atoms with Gasteiger partial charge < -0.3 is 4.74 Å². The molecule has 0 spiro atoms. The SMILES string of the molecule is CC.COc1ccc(C)cc1C(F)(F)F. The van der Waals surface area contributed by atoms with Gasteiger partial charge in [-0.05, 0) is 19.1 Å². The molecule has 0 aromatic heterocycles. The quantitative estimate of drug-likeness (QED) is 0.693. The van der Waals surface area contributed by atoms with Crippen LogP contribution in [-0.4, -0.2) is 7.11 Å². The van der Waals surface area contributed by atoms with Crippen molar-refractivity contribution in [1.29, 1.82) is 0 Å². The monoisotopic (exact) mass is 220 g/mol. The van der Waals surface area contributed by atoms with E-state index in [9.17, 15) is 13.2 Å². The first-order valence-electron chi connectivity index (χ1n) is 4.67. The second-order valence-electron chi connectivity index (χ2n) is 2.70. The van der Waals surface area contributed by atoms with E-state index in [0.717, 1.165) is 6.07 Å². The van der Waals surface area contributed by atoms with Crippen LogP contribution in [0.3, 0.4) is 0 Å². The second-order valence-corrected chi connectivity index (χ2v) is 2.70. The fourth-order valence-corrected chi connectivity index (χ4v) is 1.04. The zero-order valence-corrected chi connectivity index (χ0v) is 9.27. The molecule has 0 saturated heterocycles. The molecule has 0 radical (unpaired) electrons. The average Bonchev–Trinajstić information content (AvgIpc) is 2.19. The van der Waals surface area contributed by atoms with Gasteiger partial charge in [0.05, 0.1) is 12.7 Å². The molecule has 0 aliphatic rings. The van der Waals surface area contributed by atoms with Crippen LogP contribution in [-0.2, 0) is 6.18 Å². The molecule has 1 nitrogen and oxygen atoms in total. The predicted molar refractivity (Wildman–Crippen MR) is 54.1 cm³/mol. The smallest absolute Gasteiger partial charge is 0.419 e. The van der Waals surface area contributed by atoms with E-state index >= 15 is 0 Å². The molecule has 0 N–H and O–H groups in total. The van der Waals surface area contributed by atoms with Crippen molar-refractivity contribution in [2.24, 2.45) is 0 Å². The lowest BCUT2D eigenvalue weighted by molar-refractivity contribution is -0.138. The highest BCUT2D eigenvalue weighted by Gasteiger charge is 2.34. The van der Waals surface area contributed by atoms with Crippen molar-refractivity contribution in [1.82, 2.24) is 0 Å². The van der Waals surface area contributed by atoms with Gasteiger partial charge in [-0.3, -0.25) is 0 Å². The maximum absolute atomic E-state index is 12.3. The Hall–Kier alpha value is -1.19. The third kappa shape index (κ3) is 3.81. The van der Waals surface area contributed by atoms with Crippen molar-refractivity contribution in [3.05, 3.63) is 29.3 Å². The van der Waals surface area contributed by atoms with Gasteiger partial charge in [0.15, 0.2) is 0 Å². The van der Waals surface area contributed by atoms with Gasteiger partial charge >= 0.3 is 6.18 Å². The highest BCUT2D eigenvalue weighted by Crippen LogP contribution is 2.36. The Morgan fingerprint density at radius 3 is 2.07 bits per heavy atom. The Morgan fingerprint density at radius 2 is 1.67 bits per heavy atom. The summed E-state index contributed by atoms with van der Waals surface area (Å²) in [6, 6.07) is 3.96. The first-order valence-corrected chi connectivity index (χ1v) is 4.67. The number of hydrogen-bond donors (Lipinski definition) is 0. The molecule has 4 heteroatoms. The average molecular weight is 220 g/mol. The van der Waals surface area contributed by atoms with E-state index in [1.165, 1.54) is 13.2 Å². The highest BCUT2D eigenvalue weighted by atomic mass is 19.4. The zero-order valence-electron chi connectivity index (χ0n) is 9.27. The minimum atomic E-state index is -4.35. The number of aryl methyl sites for hydroxylation is 1. The lowest BCUT2D eigenvalue weighted by atomic mass is 10.1. The summed E-state index contributed by atoms with van der Waals surface area (Å²) < 4.78 is 41.6. The lowest BCUT2D eigenvalue weighted by Gasteiger charge is -2.11. The molecule has 1 aromatic rings. The molecule has 1 aromatic carbocycles. The molecule has 0 unspecified atom stereocenters. The van der Waals surface area contributed by atoms with Crippen LogP contribution >= 0.6 is 0 Å². The molecule has 0 aliphatic carbocycles. The largest absolute Gasteiger partial charge is 0.496 e. The summed E-state index contributed by atoms with van der Waals surface area (Å²) in [7, 11) is 1.22. The minimum Gasteiger partial charge on any atom is -0.496 e. The van der Waals surface area contributed by atoms with E-state index in [-0.39, 0.29) is 5.75 Å². The maximum Gasteiger partial charge on any atom is 0.419 e. The Labute approximate surface area is 87.9 Å². The third-order valence-corrected chi connectivity index (χ3v) is 1.66. The van der Waals surface area contributed by atoms with Gasteiger partial charge in [-0.1, -0.05) is 25.5 Å². The number of hydrogen-bond acceptors (Lipinski definition) is 1. The van der Waals surface area contributed by atoms with Crippen LogP contribution in [0, 0.1) is 6.92 Å². The summed E-state index contributed by atoms with van der Waals surface area (Å²) >= 11 is 0. The molecule has 0 aliphatic heterocycles. The Bertz CT molecular complexity index is 305. The number of benzene rings is 1. The fraction of sp³-hybridized carbons (Fsp3) is 0.455. The summed E-state index contributed by atoms with van der Waals surface area (Å²) in [4.78, 5) is 0. The number of methoxy groups -OCH3 is 1. The molecule has 0 atom stereocenters. The molecule has 0 saturated carbocycles. The van der Waals surface area contributed by atoms with E-state index in [0.29, 0.717) is 5.56 Å². The lowest BCUT2D eigenvalue weighted by Crippen LogP contribution is -2.07. The summed E-state index contributed by atoms with van der Waals surface area (Å²) in [6.45, 7) is 5.61. The van der Waals surface area contributed by atoms with E-state index < -0.39 is 11.7 Å². The summed E-state index contributed by atoms with van der Waals surface area (Å²) in [6.07, 6.45) is -4.35. The normalized spacial score (nSPS) is 10.3. The number of ether oxygens (including phenoxy) is 1. The predicted octanol–water partition coefficient (Wildman–Crippen LogP) is 4.05. The van der Waals surface area contributed by atoms with Crippen LogP contribution in [0.25, 0.3) is 0 Å². The van der Waals surface area contributed by atoms with Gasteiger partial charge in [-0.2, -0.15) is 13.2 Å². The Balaban J connectivity index is 0.000000921. The van der Waals surface area contributed by atoms with Crippen molar-refractivity contribution in [3.8, 4) is 5.75 Å². The minimum absolute atomic E-state index is 0.141. The van der Waals surface area contributed by atoms with Crippen molar-refractivity contribution in [2.75, 3.05) is 7.11 Å². The molecule has 0 fully saturated rings. The van der Waals surface area contributed by atoms with Crippen LogP contribution in [0.4, 0.5) is 13.2 Å². The maximum atomic E-state index is 12.3. The number of halogens is 3. The van der Waals surface area contributed by atoms with Crippen molar-refractivity contribution in [3.63, 3.8) is 0 Å². The first kappa shape index (κ1) is 13.8. The van der Waals surface area contributed by atoms with Crippen molar-refractivity contribution >= 4 is 0 Å². The van der Waals surface area contributed by atoms with Crippen LogP contribution in [0.2, 0.25) is 0 Å². The molecule has 0 bridgehead atoms.